The van der Waals surface area contributed by atoms with Crippen molar-refractivity contribution in [3.05, 3.63) is 68.7 Å². The van der Waals surface area contributed by atoms with Crippen LogP contribution in [0.25, 0.3) is 0 Å². The fraction of sp³-hybridized carbons (Fsp3) is 0.292. The number of carbonyl (C=O) groups is 3. The van der Waals surface area contributed by atoms with Crippen LogP contribution in [0.1, 0.15) is 26.9 Å². The average Bonchev–Trinajstić information content (AvgIpc) is 3.53. The number of nitrogens with one attached hydrogen (secondary N) is 1. The second kappa shape index (κ2) is 11.0. The predicted molar refractivity (Wildman–Crippen MR) is 144 cm³/mol. The molecule has 1 fully saturated rings. The van der Waals surface area contributed by atoms with Crippen molar-refractivity contribution in [3.63, 3.8) is 0 Å². The first-order chi connectivity index (χ1) is 18.2. The molecular formula is C24H21ClN4O6S3. The van der Waals surface area contributed by atoms with Gasteiger partial charge < -0.3 is 19.6 Å². The van der Waals surface area contributed by atoms with Crippen LogP contribution in [0, 0.1) is 13.8 Å². The summed E-state index contributed by atoms with van der Waals surface area (Å²) >= 11 is 10.4. The third-order valence-corrected chi connectivity index (χ3v) is 9.52. The van der Waals surface area contributed by atoms with Crippen molar-refractivity contribution in [1.82, 2.24) is 20.4 Å². The Kier molecular flexibility index (Phi) is 7.70. The zero-order chi connectivity index (χ0) is 27.0. The van der Waals surface area contributed by atoms with Gasteiger partial charge in [-0.15, -0.1) is 22.0 Å². The van der Waals surface area contributed by atoms with E-state index in [-0.39, 0.29) is 18.1 Å². The summed E-state index contributed by atoms with van der Waals surface area (Å²) in [6, 6.07) is 7.66. The number of aryl methyl sites for hydroxylation is 2. The molecule has 3 aromatic rings. The summed E-state index contributed by atoms with van der Waals surface area (Å²) in [5.74, 6) is -0.480. The standard InChI is InChI=1S/C24H21ClN4O6S3/c1-11-4-3-5-15(25)19(11)34-8-14-6-7-16(35-14)20(30)26-17-21(31)29-18(23(32)33)13(9-36-22(17)29)10-37-24-28-27-12(2)38-24/h3-7,17,22H,8-10H2,1-2H3,(H,26,30)(H,32,33). The number of para-hydroxylation sites is 1. The lowest BCUT2D eigenvalue weighted by atomic mass is 10.0. The lowest BCUT2D eigenvalue weighted by Crippen LogP contribution is -2.70. The maximum absolute atomic E-state index is 12.9. The third kappa shape index (κ3) is 5.28. The Labute approximate surface area is 234 Å². The summed E-state index contributed by atoms with van der Waals surface area (Å²) in [4.78, 5) is 39.1. The molecule has 2 aliphatic rings. The normalized spacial score (nSPS) is 18.7. The van der Waals surface area contributed by atoms with Crippen LogP contribution in [0.15, 0.2) is 50.4 Å². The van der Waals surface area contributed by atoms with Gasteiger partial charge in [0.15, 0.2) is 10.1 Å². The highest BCUT2D eigenvalue weighted by Crippen LogP contribution is 2.42. The Morgan fingerprint density at radius 1 is 1.29 bits per heavy atom. The van der Waals surface area contributed by atoms with Crippen molar-refractivity contribution in [2.24, 2.45) is 0 Å². The molecule has 38 heavy (non-hydrogen) atoms. The van der Waals surface area contributed by atoms with E-state index in [0.29, 0.717) is 33.6 Å². The molecule has 198 valence electrons. The fourth-order valence-corrected chi connectivity index (χ4v) is 7.59. The highest BCUT2D eigenvalue weighted by Gasteiger charge is 2.54. The molecule has 0 radical (unpaired) electrons. The van der Waals surface area contributed by atoms with E-state index < -0.39 is 29.2 Å². The van der Waals surface area contributed by atoms with Gasteiger partial charge in [0.25, 0.3) is 11.8 Å². The zero-order valence-electron chi connectivity index (χ0n) is 20.1. The van der Waals surface area contributed by atoms with E-state index in [1.54, 1.807) is 12.1 Å². The van der Waals surface area contributed by atoms with Crippen LogP contribution < -0.4 is 10.1 Å². The highest BCUT2D eigenvalue weighted by atomic mass is 35.5. The van der Waals surface area contributed by atoms with Crippen molar-refractivity contribution in [2.45, 2.75) is 36.2 Å². The Balaban J connectivity index is 1.21. The lowest BCUT2D eigenvalue weighted by Gasteiger charge is -2.49. The molecule has 10 nitrogen and oxygen atoms in total. The molecule has 14 heteroatoms. The van der Waals surface area contributed by atoms with E-state index in [1.807, 2.05) is 26.0 Å². The number of carboxylic acids is 1. The van der Waals surface area contributed by atoms with Gasteiger partial charge in [0.1, 0.15) is 40.2 Å². The molecule has 4 heterocycles. The molecule has 2 atom stereocenters. The van der Waals surface area contributed by atoms with Crippen molar-refractivity contribution in [1.29, 1.82) is 0 Å². The predicted octanol–water partition coefficient (Wildman–Crippen LogP) is 4.12. The van der Waals surface area contributed by atoms with E-state index in [4.69, 9.17) is 20.8 Å². The summed E-state index contributed by atoms with van der Waals surface area (Å²) in [5.41, 5.74) is 1.45. The van der Waals surface area contributed by atoms with Crippen LogP contribution >= 0.6 is 46.5 Å². The monoisotopic (exact) mass is 592 g/mol. The van der Waals surface area contributed by atoms with E-state index >= 15 is 0 Å². The minimum atomic E-state index is -1.18. The smallest absolute Gasteiger partial charge is 0.352 e. The van der Waals surface area contributed by atoms with Crippen LogP contribution in [0.5, 0.6) is 5.75 Å². The van der Waals surface area contributed by atoms with Gasteiger partial charge in [-0.2, -0.15) is 0 Å². The van der Waals surface area contributed by atoms with Crippen molar-refractivity contribution in [2.75, 3.05) is 11.5 Å². The number of nitrogens with zero attached hydrogens (tertiary/aromatic N) is 3. The third-order valence-electron chi connectivity index (χ3n) is 5.82. The number of carboxylic acid groups (broad SMARTS) is 1. The van der Waals surface area contributed by atoms with Gasteiger partial charge in [-0.3, -0.25) is 14.5 Å². The SMILES string of the molecule is Cc1nnc(SCC2=C(C(=O)O)N3C(=O)C(NC(=O)c4ccc(COc5c(C)cccc5Cl)o4)C3SC2)s1. The number of β-lactam (4-membered cyclic amide) rings is 1. The molecule has 1 aromatic carbocycles. The number of fused-ring (bicyclic) bond motifs is 1. The van der Waals surface area contributed by atoms with E-state index in [9.17, 15) is 19.5 Å². The van der Waals surface area contributed by atoms with Crippen molar-refractivity contribution < 1.29 is 28.6 Å². The number of thioether (sulfide) groups is 2. The fourth-order valence-electron chi connectivity index (χ4n) is 4.01. The van der Waals surface area contributed by atoms with Gasteiger partial charge in [-0.1, -0.05) is 46.8 Å². The van der Waals surface area contributed by atoms with Crippen molar-refractivity contribution >= 4 is 64.2 Å². The first-order valence-corrected chi connectivity index (χ1v) is 14.6. The number of benzene rings is 1. The van der Waals surface area contributed by atoms with Crippen LogP contribution in [0.2, 0.25) is 5.02 Å². The second-order valence-electron chi connectivity index (χ2n) is 8.43. The van der Waals surface area contributed by atoms with Crippen LogP contribution in [-0.2, 0) is 16.2 Å². The molecule has 2 unspecified atom stereocenters. The molecule has 0 spiro atoms. The van der Waals surface area contributed by atoms with Gasteiger partial charge in [0.05, 0.1) is 5.02 Å². The molecule has 2 aliphatic heterocycles. The molecule has 0 bridgehead atoms. The highest BCUT2D eigenvalue weighted by molar-refractivity contribution is 8.01. The van der Waals surface area contributed by atoms with Crippen LogP contribution in [-0.4, -0.2) is 60.9 Å². The number of aromatic nitrogens is 2. The number of aliphatic carboxylic acids is 1. The Bertz CT molecular complexity index is 1430. The summed E-state index contributed by atoms with van der Waals surface area (Å²) in [7, 11) is 0. The molecular weight excluding hydrogens is 572 g/mol. The molecule has 2 aromatic heterocycles. The number of hydrogen-bond acceptors (Lipinski definition) is 10. The number of hydrogen-bond donors (Lipinski definition) is 2. The summed E-state index contributed by atoms with van der Waals surface area (Å²) in [6.07, 6.45) is 0. The summed E-state index contributed by atoms with van der Waals surface area (Å²) in [5, 5.41) is 21.3. The average molecular weight is 593 g/mol. The van der Waals surface area contributed by atoms with Crippen LogP contribution in [0.3, 0.4) is 0 Å². The first-order valence-electron chi connectivity index (χ1n) is 11.3. The molecule has 0 aliphatic carbocycles. The largest absolute Gasteiger partial charge is 0.484 e. The molecule has 2 amide bonds. The Morgan fingerprint density at radius 2 is 2.11 bits per heavy atom. The molecule has 2 N–H and O–H groups in total. The zero-order valence-corrected chi connectivity index (χ0v) is 23.3. The first kappa shape index (κ1) is 26.6. The van der Waals surface area contributed by atoms with Gasteiger partial charge in [0.2, 0.25) is 0 Å². The second-order valence-corrected chi connectivity index (χ2v) is 12.4. The molecule has 5 rings (SSSR count). The number of furan rings is 1. The van der Waals surface area contributed by atoms with Crippen molar-refractivity contribution in [3.8, 4) is 5.75 Å². The molecule has 1 saturated heterocycles. The Hall–Kier alpha value is -3.00. The number of carbonyl (C=O) groups excluding carboxylic acids is 2. The van der Waals surface area contributed by atoms with E-state index in [2.05, 4.69) is 15.5 Å². The number of halogens is 1. The van der Waals surface area contributed by atoms with Crippen LogP contribution in [0.4, 0.5) is 0 Å². The minimum absolute atomic E-state index is 0.0185. The summed E-state index contributed by atoms with van der Waals surface area (Å²) < 4.78 is 12.1. The number of rotatable bonds is 9. The maximum atomic E-state index is 12.9. The minimum Gasteiger partial charge on any atom is -0.484 e. The quantitative estimate of drug-likeness (QED) is 0.276. The van der Waals surface area contributed by atoms with Gasteiger partial charge in [0, 0.05) is 11.5 Å². The van der Waals surface area contributed by atoms with E-state index in [1.165, 1.54) is 45.8 Å². The van der Waals surface area contributed by atoms with Gasteiger partial charge in [-0.25, -0.2) is 4.79 Å². The van der Waals surface area contributed by atoms with Gasteiger partial charge in [-0.05, 0) is 43.2 Å². The topological polar surface area (TPSA) is 135 Å². The Morgan fingerprint density at radius 3 is 2.82 bits per heavy atom. The molecule has 0 saturated carbocycles. The summed E-state index contributed by atoms with van der Waals surface area (Å²) in [6.45, 7) is 3.78. The lowest BCUT2D eigenvalue weighted by molar-refractivity contribution is -0.148. The number of ether oxygens (including phenoxy) is 1. The van der Waals surface area contributed by atoms with E-state index in [0.717, 1.165) is 14.9 Å². The van der Waals surface area contributed by atoms with Gasteiger partial charge >= 0.3 is 5.97 Å². The number of amides is 2. The maximum Gasteiger partial charge on any atom is 0.352 e.